The monoisotopic (exact) mass is 231 g/mol. The van der Waals surface area contributed by atoms with Gasteiger partial charge in [-0.05, 0) is 32.9 Å². The second-order valence-corrected chi connectivity index (χ2v) is 4.89. The smallest absolute Gasteiger partial charge is 0.122 e. The van der Waals surface area contributed by atoms with Gasteiger partial charge in [0.15, 0.2) is 0 Å². The van der Waals surface area contributed by atoms with Crippen molar-refractivity contribution in [1.29, 1.82) is 0 Å². The number of ether oxygens (including phenoxy) is 1. The molecule has 1 aliphatic carbocycles. The van der Waals surface area contributed by atoms with E-state index in [9.17, 15) is 0 Å². The Balaban J connectivity index is 2.45. The van der Waals surface area contributed by atoms with Crippen LogP contribution in [0.4, 0.5) is 0 Å². The van der Waals surface area contributed by atoms with Crippen LogP contribution in [0, 0.1) is 6.92 Å². The minimum atomic E-state index is 0.173. The molecule has 0 radical (unpaired) electrons. The number of benzene rings is 1. The first kappa shape index (κ1) is 12.2. The van der Waals surface area contributed by atoms with Crippen LogP contribution in [-0.4, -0.2) is 20.7 Å². The first-order valence-corrected chi connectivity index (χ1v) is 6.16. The molecule has 0 unspecified atom stereocenters. The van der Waals surface area contributed by atoms with Crippen LogP contribution in [0.5, 0.6) is 5.75 Å². The highest BCUT2D eigenvalue weighted by Gasteiger charge is 2.34. The number of rotatable bonds is 4. The number of nitrogens with one attached hydrogen (secondary N) is 1. The summed E-state index contributed by atoms with van der Waals surface area (Å²) in [5.74, 6) is 1.01. The fourth-order valence-electron chi connectivity index (χ4n) is 2.74. The predicted octanol–water partition coefficient (Wildman–Crippen LogP) is 2.81. The van der Waals surface area contributed by atoms with Crippen LogP contribution in [-0.2, 0) is 5.41 Å². The average molecular weight is 231 g/mol. The Hall–Kier alpha value is -1.28. The van der Waals surface area contributed by atoms with Crippen LogP contribution >= 0.6 is 0 Å². The molecule has 1 N–H and O–H groups in total. The quantitative estimate of drug-likeness (QED) is 0.805. The fourth-order valence-corrected chi connectivity index (χ4v) is 2.74. The van der Waals surface area contributed by atoms with Gasteiger partial charge in [-0.15, -0.1) is 0 Å². The summed E-state index contributed by atoms with van der Waals surface area (Å²) in [7, 11) is 3.77. The van der Waals surface area contributed by atoms with Crippen molar-refractivity contribution in [3.8, 4) is 5.75 Å². The summed E-state index contributed by atoms with van der Waals surface area (Å²) in [6, 6.07) is 6.46. The summed E-state index contributed by atoms with van der Waals surface area (Å²) in [6.45, 7) is 3.12. The van der Waals surface area contributed by atoms with Crippen molar-refractivity contribution in [1.82, 2.24) is 5.32 Å². The molecular formula is C15H21NO. The third kappa shape index (κ3) is 2.22. The minimum absolute atomic E-state index is 0.173. The van der Waals surface area contributed by atoms with Crippen LogP contribution in [0.3, 0.4) is 0 Å². The van der Waals surface area contributed by atoms with Crippen molar-refractivity contribution in [3.05, 3.63) is 41.5 Å². The molecule has 0 bridgehead atoms. The van der Waals surface area contributed by atoms with Gasteiger partial charge in [-0.3, -0.25) is 0 Å². The largest absolute Gasteiger partial charge is 0.496 e. The zero-order chi connectivity index (χ0) is 12.3. The van der Waals surface area contributed by atoms with Crippen LogP contribution in [0.1, 0.15) is 24.0 Å². The summed E-state index contributed by atoms with van der Waals surface area (Å²) >= 11 is 0. The lowest BCUT2D eigenvalue weighted by molar-refractivity contribution is 0.373. The van der Waals surface area contributed by atoms with Crippen molar-refractivity contribution in [2.75, 3.05) is 20.7 Å². The first-order valence-electron chi connectivity index (χ1n) is 6.16. The average Bonchev–Trinajstić information content (AvgIpc) is 2.79. The molecule has 2 nitrogen and oxygen atoms in total. The Morgan fingerprint density at radius 1 is 1.29 bits per heavy atom. The van der Waals surface area contributed by atoms with Gasteiger partial charge in [-0.25, -0.2) is 0 Å². The van der Waals surface area contributed by atoms with E-state index >= 15 is 0 Å². The highest BCUT2D eigenvalue weighted by molar-refractivity contribution is 5.44. The lowest BCUT2D eigenvalue weighted by atomic mass is 9.77. The van der Waals surface area contributed by atoms with Gasteiger partial charge in [0, 0.05) is 17.5 Å². The number of methoxy groups -OCH3 is 1. The number of aryl methyl sites for hydroxylation is 1. The molecular weight excluding hydrogens is 210 g/mol. The molecule has 0 fully saturated rings. The lowest BCUT2D eigenvalue weighted by Crippen LogP contribution is -2.34. The number of allylic oxidation sites excluding steroid dienone is 2. The number of likely N-dealkylation sites (N-methyl/N-ethyl adjacent to an activating group) is 1. The second kappa shape index (κ2) is 4.92. The van der Waals surface area contributed by atoms with E-state index < -0.39 is 0 Å². The Morgan fingerprint density at radius 2 is 2.00 bits per heavy atom. The Morgan fingerprint density at radius 3 is 2.59 bits per heavy atom. The molecule has 0 atom stereocenters. The van der Waals surface area contributed by atoms with Gasteiger partial charge in [0.2, 0.25) is 0 Å². The van der Waals surface area contributed by atoms with E-state index in [1.54, 1.807) is 7.11 Å². The van der Waals surface area contributed by atoms with Crippen molar-refractivity contribution in [2.24, 2.45) is 0 Å². The summed E-state index contributed by atoms with van der Waals surface area (Å²) in [5.41, 5.74) is 2.80. The molecule has 0 aromatic heterocycles. The summed E-state index contributed by atoms with van der Waals surface area (Å²) in [4.78, 5) is 0. The maximum absolute atomic E-state index is 5.53. The second-order valence-electron chi connectivity index (χ2n) is 4.89. The topological polar surface area (TPSA) is 21.3 Å². The maximum atomic E-state index is 5.53. The predicted molar refractivity (Wildman–Crippen MR) is 71.7 cm³/mol. The van der Waals surface area contributed by atoms with Gasteiger partial charge in [-0.2, -0.15) is 0 Å². The highest BCUT2D eigenvalue weighted by Crippen LogP contribution is 2.41. The SMILES string of the molecule is CNCC1(c2cc(C)ccc2OC)CC=CC1. The zero-order valence-corrected chi connectivity index (χ0v) is 10.9. The summed E-state index contributed by atoms with van der Waals surface area (Å²) in [5, 5.41) is 3.32. The van der Waals surface area contributed by atoms with Crippen molar-refractivity contribution in [2.45, 2.75) is 25.2 Å². The number of hydrogen-bond donors (Lipinski definition) is 1. The Kier molecular flexibility index (Phi) is 3.53. The van der Waals surface area contributed by atoms with E-state index in [1.807, 2.05) is 7.05 Å². The van der Waals surface area contributed by atoms with Crippen LogP contribution < -0.4 is 10.1 Å². The standard InChI is InChI=1S/C15H21NO/c1-12-6-7-14(17-3)13(10-12)15(11-16-2)8-4-5-9-15/h4-7,10,16H,8-9,11H2,1-3H3. The van der Waals surface area contributed by atoms with Gasteiger partial charge < -0.3 is 10.1 Å². The lowest BCUT2D eigenvalue weighted by Gasteiger charge is -2.31. The van der Waals surface area contributed by atoms with Crippen LogP contribution in [0.25, 0.3) is 0 Å². The third-order valence-electron chi connectivity index (χ3n) is 3.63. The minimum Gasteiger partial charge on any atom is -0.496 e. The van der Waals surface area contributed by atoms with Crippen molar-refractivity contribution < 1.29 is 4.74 Å². The molecule has 0 amide bonds. The number of hydrogen-bond acceptors (Lipinski definition) is 2. The van der Waals surface area contributed by atoms with E-state index in [4.69, 9.17) is 4.74 Å². The van der Waals surface area contributed by atoms with E-state index in [-0.39, 0.29) is 5.41 Å². The van der Waals surface area contributed by atoms with Gasteiger partial charge >= 0.3 is 0 Å². The summed E-state index contributed by atoms with van der Waals surface area (Å²) in [6.07, 6.45) is 6.74. The van der Waals surface area contributed by atoms with Gasteiger partial charge in [0.25, 0.3) is 0 Å². The normalized spacial score (nSPS) is 17.4. The fraction of sp³-hybridized carbons (Fsp3) is 0.467. The molecule has 0 heterocycles. The molecule has 0 spiro atoms. The molecule has 1 aromatic carbocycles. The third-order valence-corrected chi connectivity index (χ3v) is 3.63. The van der Waals surface area contributed by atoms with Gasteiger partial charge in [0.05, 0.1) is 7.11 Å². The van der Waals surface area contributed by atoms with E-state index in [0.717, 1.165) is 25.1 Å². The van der Waals surface area contributed by atoms with Gasteiger partial charge in [0.1, 0.15) is 5.75 Å². The summed E-state index contributed by atoms with van der Waals surface area (Å²) < 4.78 is 5.53. The Bertz CT molecular complexity index is 415. The van der Waals surface area contributed by atoms with E-state index in [1.165, 1.54) is 11.1 Å². The van der Waals surface area contributed by atoms with E-state index in [0.29, 0.717) is 0 Å². The molecule has 0 saturated carbocycles. The van der Waals surface area contributed by atoms with Crippen molar-refractivity contribution in [3.63, 3.8) is 0 Å². The van der Waals surface area contributed by atoms with Crippen LogP contribution in [0.2, 0.25) is 0 Å². The molecule has 1 aliphatic rings. The molecule has 17 heavy (non-hydrogen) atoms. The molecule has 0 aliphatic heterocycles. The Labute approximate surface area is 104 Å². The molecule has 0 saturated heterocycles. The maximum Gasteiger partial charge on any atom is 0.122 e. The molecule has 2 rings (SSSR count). The molecule has 1 aromatic rings. The van der Waals surface area contributed by atoms with E-state index in [2.05, 4.69) is 42.6 Å². The highest BCUT2D eigenvalue weighted by atomic mass is 16.5. The first-order chi connectivity index (χ1) is 8.22. The van der Waals surface area contributed by atoms with Gasteiger partial charge in [-0.1, -0.05) is 29.8 Å². The van der Waals surface area contributed by atoms with Crippen LogP contribution in [0.15, 0.2) is 30.4 Å². The zero-order valence-electron chi connectivity index (χ0n) is 10.9. The molecule has 2 heteroatoms. The van der Waals surface area contributed by atoms with Crippen molar-refractivity contribution >= 4 is 0 Å². The molecule has 92 valence electrons.